The number of carbonyl (C=O) groups excluding carboxylic acids is 2. The first-order valence-corrected chi connectivity index (χ1v) is 14.2. The van der Waals surface area contributed by atoms with E-state index in [9.17, 15) is 31.2 Å². The maximum absolute atomic E-state index is 13.0. The quantitative estimate of drug-likeness (QED) is 0.439. The van der Waals surface area contributed by atoms with Crippen molar-refractivity contribution in [2.75, 3.05) is 12.3 Å². The first kappa shape index (κ1) is 25.7. The van der Waals surface area contributed by atoms with E-state index in [4.69, 9.17) is 0 Å². The molecular weight excluding hydrogens is 467 g/mol. The normalized spacial score (nSPS) is 40.3. The van der Waals surface area contributed by atoms with Gasteiger partial charge in [0.15, 0.2) is 9.84 Å². The number of rotatable bonds is 5. The molecule has 0 heterocycles. The van der Waals surface area contributed by atoms with E-state index in [1.807, 2.05) is 0 Å². The summed E-state index contributed by atoms with van der Waals surface area (Å²) in [6, 6.07) is 0. The van der Waals surface area contributed by atoms with Crippen LogP contribution in [0.15, 0.2) is 12.2 Å². The Morgan fingerprint density at radius 3 is 2.53 bits per heavy atom. The molecule has 34 heavy (non-hydrogen) atoms. The van der Waals surface area contributed by atoms with Gasteiger partial charge in [-0.15, -0.1) is 0 Å². The van der Waals surface area contributed by atoms with Gasteiger partial charge in [-0.25, -0.2) is 8.42 Å². The van der Waals surface area contributed by atoms with Crippen molar-refractivity contribution in [3.8, 4) is 0 Å². The van der Waals surface area contributed by atoms with Crippen molar-refractivity contribution in [3.63, 3.8) is 0 Å². The first-order chi connectivity index (χ1) is 15.7. The summed E-state index contributed by atoms with van der Waals surface area (Å²) in [6.07, 6.45) is 1.22. The van der Waals surface area contributed by atoms with Crippen LogP contribution >= 0.6 is 0 Å². The number of carbonyl (C=O) groups is 2. The van der Waals surface area contributed by atoms with E-state index in [2.05, 4.69) is 20.4 Å². The molecule has 0 saturated heterocycles. The average Bonchev–Trinajstić information content (AvgIpc) is 3.05. The minimum atomic E-state index is -4.96. The van der Waals surface area contributed by atoms with Crippen molar-refractivity contribution in [2.45, 2.75) is 83.1 Å². The van der Waals surface area contributed by atoms with Gasteiger partial charge in [-0.2, -0.15) is 13.2 Å². The fourth-order valence-corrected chi connectivity index (χ4v) is 9.89. The minimum absolute atomic E-state index is 0.0281. The number of hydrogen-bond acceptors (Lipinski definition) is 4. The predicted octanol–water partition coefficient (Wildman–Crippen LogP) is 4.62. The molecule has 0 aromatic heterocycles. The molecule has 0 bridgehead atoms. The zero-order valence-corrected chi connectivity index (χ0v) is 20.9. The summed E-state index contributed by atoms with van der Waals surface area (Å²) < 4.78 is 63.0. The van der Waals surface area contributed by atoms with Gasteiger partial charge in [-0.3, -0.25) is 9.59 Å². The first-order valence-electron chi connectivity index (χ1n) is 12.5. The second-order valence-corrected chi connectivity index (χ2v) is 14.0. The molecule has 0 radical (unpaired) electrons. The molecule has 4 aliphatic rings. The van der Waals surface area contributed by atoms with Crippen molar-refractivity contribution >= 4 is 21.5 Å². The van der Waals surface area contributed by atoms with Crippen molar-refractivity contribution in [1.29, 1.82) is 0 Å². The molecular formula is C25H36F3NO4S. The molecule has 192 valence electrons. The molecule has 1 amide bonds. The maximum Gasteiger partial charge on any atom is 0.471 e. The van der Waals surface area contributed by atoms with Crippen molar-refractivity contribution in [2.24, 2.45) is 34.5 Å². The fraction of sp³-hybridized carbons (Fsp3) is 0.840. The Bertz CT molecular complexity index is 977. The van der Waals surface area contributed by atoms with Gasteiger partial charge in [0.2, 0.25) is 0 Å². The lowest BCUT2D eigenvalue weighted by atomic mass is 9.44. The van der Waals surface area contributed by atoms with Gasteiger partial charge in [-0.1, -0.05) is 26.0 Å². The smallest absolute Gasteiger partial charge is 0.348 e. The molecule has 4 fully saturated rings. The number of hydrogen-bond donors (Lipinski definition) is 1. The summed E-state index contributed by atoms with van der Waals surface area (Å²) in [5.41, 5.74) is 0.858. The zero-order chi connectivity index (χ0) is 25.1. The monoisotopic (exact) mass is 503 g/mol. The summed E-state index contributed by atoms with van der Waals surface area (Å²) in [4.78, 5) is 23.6. The van der Waals surface area contributed by atoms with Gasteiger partial charge >= 0.3 is 12.1 Å². The van der Waals surface area contributed by atoms with E-state index in [1.54, 1.807) is 5.32 Å². The molecule has 0 spiro atoms. The Kier molecular flexibility index (Phi) is 6.52. The van der Waals surface area contributed by atoms with Crippen molar-refractivity contribution < 1.29 is 31.2 Å². The van der Waals surface area contributed by atoms with E-state index in [0.717, 1.165) is 37.7 Å². The number of halogens is 3. The Morgan fingerprint density at radius 1 is 1.15 bits per heavy atom. The van der Waals surface area contributed by atoms with Gasteiger partial charge in [-0.05, 0) is 80.5 Å². The second kappa shape index (κ2) is 8.63. The molecule has 0 aromatic rings. The molecule has 5 nitrogen and oxygen atoms in total. The summed E-state index contributed by atoms with van der Waals surface area (Å²) >= 11 is 0. The van der Waals surface area contributed by atoms with Gasteiger partial charge < -0.3 is 5.32 Å². The Hall–Kier alpha value is -1.38. The second-order valence-electron chi connectivity index (χ2n) is 11.6. The lowest BCUT2D eigenvalue weighted by molar-refractivity contribution is -0.173. The average molecular weight is 504 g/mol. The van der Waals surface area contributed by atoms with E-state index in [1.165, 1.54) is 0 Å². The highest BCUT2D eigenvalue weighted by atomic mass is 32.2. The molecule has 4 rings (SSSR count). The van der Waals surface area contributed by atoms with Crippen molar-refractivity contribution in [3.05, 3.63) is 12.2 Å². The predicted molar refractivity (Wildman–Crippen MR) is 123 cm³/mol. The number of ketones is 1. The molecule has 0 unspecified atom stereocenters. The molecule has 4 saturated carbocycles. The highest BCUT2D eigenvalue weighted by molar-refractivity contribution is 7.92. The third-order valence-electron chi connectivity index (χ3n) is 9.94. The van der Waals surface area contributed by atoms with Crippen LogP contribution in [0.1, 0.15) is 71.6 Å². The fourth-order valence-electron chi connectivity index (χ4n) is 8.05. The minimum Gasteiger partial charge on any atom is -0.348 e. The zero-order valence-electron chi connectivity index (χ0n) is 20.0. The molecule has 4 aliphatic carbocycles. The highest BCUT2D eigenvalue weighted by Gasteiger charge is 2.61. The number of amides is 1. The van der Waals surface area contributed by atoms with Crippen LogP contribution in [0.25, 0.3) is 0 Å². The Labute approximate surface area is 200 Å². The van der Waals surface area contributed by atoms with Crippen LogP contribution in [0, 0.1) is 34.5 Å². The number of sulfone groups is 1. The number of alkyl halides is 3. The van der Waals surface area contributed by atoms with Crippen LogP contribution in [0.3, 0.4) is 0 Å². The highest BCUT2D eigenvalue weighted by Crippen LogP contribution is 2.66. The van der Waals surface area contributed by atoms with Crippen LogP contribution in [0.4, 0.5) is 13.2 Å². The molecule has 7 atom stereocenters. The topological polar surface area (TPSA) is 80.3 Å². The van der Waals surface area contributed by atoms with Gasteiger partial charge in [0.25, 0.3) is 0 Å². The Morgan fingerprint density at radius 2 is 1.85 bits per heavy atom. The van der Waals surface area contributed by atoms with E-state index >= 15 is 0 Å². The van der Waals surface area contributed by atoms with Gasteiger partial charge in [0.05, 0.1) is 11.0 Å². The van der Waals surface area contributed by atoms with E-state index in [-0.39, 0.29) is 35.5 Å². The van der Waals surface area contributed by atoms with E-state index < -0.39 is 27.2 Å². The molecule has 9 heteroatoms. The summed E-state index contributed by atoms with van der Waals surface area (Å²) in [5, 5.41) is 1.22. The summed E-state index contributed by atoms with van der Waals surface area (Å²) in [5.74, 6) is -0.484. The van der Waals surface area contributed by atoms with Gasteiger partial charge in [0.1, 0.15) is 5.78 Å². The standard InChI is InChI=1S/C25H36F3NO4S/c1-15-13-17-18-5-6-21(30)24(18,3)10-8-19(17)23(2)9-7-16(14-20(15)23)34(32,33)12-4-11-29-22(31)25(26,27)28/h16-20H,1,4-14H2,2-3H3,(H,29,31)/t16-,17-,18-,19-,20-,23+,24-/m0/s1. The molecule has 1 N–H and O–H groups in total. The summed E-state index contributed by atoms with van der Waals surface area (Å²) in [7, 11) is -3.50. The van der Waals surface area contributed by atoms with Gasteiger partial charge in [0, 0.05) is 18.4 Å². The lowest BCUT2D eigenvalue weighted by Crippen LogP contribution is -2.55. The van der Waals surface area contributed by atoms with Crippen LogP contribution in [-0.2, 0) is 19.4 Å². The number of Topliss-reactive ketones (excluding diaryl/α,β-unsaturated/α-hetero) is 1. The number of allylic oxidation sites excluding steroid dienone is 1. The van der Waals surface area contributed by atoms with Crippen LogP contribution in [0.2, 0.25) is 0 Å². The van der Waals surface area contributed by atoms with Crippen LogP contribution in [-0.4, -0.2) is 43.8 Å². The maximum atomic E-state index is 13.0. The Balaban J connectivity index is 1.41. The molecule has 0 aromatic carbocycles. The number of nitrogens with one attached hydrogen (secondary N) is 1. The third-order valence-corrected chi connectivity index (χ3v) is 12.2. The number of fused-ring (bicyclic) bond motifs is 5. The van der Waals surface area contributed by atoms with Crippen molar-refractivity contribution in [1.82, 2.24) is 5.32 Å². The van der Waals surface area contributed by atoms with Crippen LogP contribution in [0.5, 0.6) is 0 Å². The third kappa shape index (κ3) is 4.24. The van der Waals surface area contributed by atoms with Crippen LogP contribution < -0.4 is 5.32 Å². The largest absolute Gasteiger partial charge is 0.471 e. The summed E-state index contributed by atoms with van der Waals surface area (Å²) in [6.45, 7) is 8.50. The lowest BCUT2D eigenvalue weighted by Gasteiger charge is -2.60. The SMILES string of the molecule is C=C1C[C@@H]2[C@H](CC[C@]3(C)C(=O)CC[C@@H]23)[C@@]2(C)CC[C@H](S(=O)(=O)CCCNC(=O)C(F)(F)F)C[C@@H]12. The molecule has 0 aliphatic heterocycles. The van der Waals surface area contributed by atoms with E-state index in [0.29, 0.717) is 42.8 Å².